The normalized spacial score (nSPS) is 11.5. The summed E-state index contributed by atoms with van der Waals surface area (Å²) in [7, 11) is 1.38. The van der Waals surface area contributed by atoms with Crippen molar-refractivity contribution in [2.24, 2.45) is 0 Å². The smallest absolute Gasteiger partial charge is 0.342 e. The lowest BCUT2D eigenvalue weighted by molar-refractivity contribution is -0.270. The highest BCUT2D eigenvalue weighted by molar-refractivity contribution is 9.10. The van der Waals surface area contributed by atoms with Crippen LogP contribution < -0.4 is 9.84 Å². The Balaban J connectivity index is 2.39. The Morgan fingerprint density at radius 3 is 2.87 bits per heavy atom. The molecule has 0 amide bonds. The number of nitrogens with one attached hydrogen (secondary N) is 1. The van der Waals surface area contributed by atoms with Gasteiger partial charge >= 0.3 is 5.97 Å². The largest absolute Gasteiger partial charge is 0.870 e. The van der Waals surface area contributed by atoms with Gasteiger partial charge in [0.25, 0.3) is 0 Å². The molecule has 0 bridgehead atoms. The van der Waals surface area contributed by atoms with Crippen LogP contribution in [-0.2, 0) is 11.2 Å². The fourth-order valence-corrected chi connectivity index (χ4v) is 2.88. The predicted molar refractivity (Wildman–Crippen MR) is 87.4 cm³/mol. The van der Waals surface area contributed by atoms with E-state index < -0.39 is 5.97 Å². The maximum Gasteiger partial charge on any atom is 0.342 e. The zero-order valence-corrected chi connectivity index (χ0v) is 14.7. The number of aliphatic carboxylic acids is 1. The van der Waals surface area contributed by atoms with E-state index in [9.17, 15) is 15.0 Å². The molecule has 0 unspecified atom stereocenters. The third kappa shape index (κ3) is 4.26. The highest BCUT2D eigenvalue weighted by Gasteiger charge is 2.14. The van der Waals surface area contributed by atoms with E-state index in [0.29, 0.717) is 16.7 Å². The second-order valence-corrected chi connectivity index (χ2v) is 6.29. The SMILES string of the molecule is CCc1nc(S/C(=C\c2cc(Br)cc(OC)c2[O-])C(=O)O)n[nH]1. The van der Waals surface area contributed by atoms with Crippen LogP contribution in [0.25, 0.3) is 6.08 Å². The molecule has 0 fully saturated rings. The number of nitrogens with zero attached hydrogens (tertiary/aromatic N) is 2. The molecule has 122 valence electrons. The molecule has 9 heteroatoms. The first-order valence-corrected chi connectivity index (χ1v) is 8.14. The molecule has 0 saturated carbocycles. The third-order valence-electron chi connectivity index (χ3n) is 2.81. The number of ether oxygens (including phenoxy) is 1. The summed E-state index contributed by atoms with van der Waals surface area (Å²) >= 11 is 4.13. The lowest BCUT2D eigenvalue weighted by Crippen LogP contribution is -2.01. The minimum Gasteiger partial charge on any atom is -0.870 e. The average molecular weight is 399 g/mol. The highest BCUT2D eigenvalue weighted by atomic mass is 79.9. The Morgan fingerprint density at radius 2 is 2.30 bits per heavy atom. The topological polar surface area (TPSA) is 111 Å². The average Bonchev–Trinajstić information content (AvgIpc) is 2.97. The van der Waals surface area contributed by atoms with Gasteiger partial charge in [-0.15, -0.1) is 5.10 Å². The van der Waals surface area contributed by atoms with Crippen LogP contribution in [0.4, 0.5) is 0 Å². The number of thioether (sulfide) groups is 1. The van der Waals surface area contributed by atoms with Gasteiger partial charge in [-0.25, -0.2) is 9.78 Å². The van der Waals surface area contributed by atoms with Crippen molar-refractivity contribution in [2.45, 2.75) is 18.5 Å². The molecule has 0 aliphatic carbocycles. The summed E-state index contributed by atoms with van der Waals surface area (Å²) in [5, 5.41) is 28.5. The maximum atomic E-state index is 12.2. The number of hydrogen-bond donors (Lipinski definition) is 2. The highest BCUT2D eigenvalue weighted by Crippen LogP contribution is 2.35. The molecule has 1 aromatic heterocycles. The Bertz CT molecular complexity index is 760. The van der Waals surface area contributed by atoms with E-state index in [1.54, 1.807) is 0 Å². The van der Waals surface area contributed by atoms with Gasteiger partial charge in [0.05, 0.1) is 7.11 Å². The number of benzene rings is 1. The van der Waals surface area contributed by atoms with Crippen LogP contribution in [0.2, 0.25) is 0 Å². The number of carboxylic acids is 1. The molecule has 0 atom stereocenters. The van der Waals surface area contributed by atoms with Crippen molar-refractivity contribution in [3.63, 3.8) is 0 Å². The Labute approximate surface area is 144 Å². The number of hydrogen-bond acceptors (Lipinski definition) is 6. The van der Waals surface area contributed by atoms with Crippen LogP contribution in [0.1, 0.15) is 18.3 Å². The zero-order valence-electron chi connectivity index (χ0n) is 12.3. The number of halogens is 1. The standard InChI is InChI=1S/C14H14BrN3O4S/c1-3-11-16-14(18-17-11)23-10(13(20)21)5-7-4-8(15)6-9(22-2)12(7)19/h4-6,19H,3H2,1-2H3,(H,20,21)(H,16,17,18)/p-1/b10-5-. The van der Waals surface area contributed by atoms with Crippen molar-refractivity contribution in [2.75, 3.05) is 7.11 Å². The Hall–Kier alpha value is -2.00. The van der Waals surface area contributed by atoms with Crippen LogP contribution in [0.15, 0.2) is 26.7 Å². The fourth-order valence-electron chi connectivity index (χ4n) is 1.70. The lowest BCUT2D eigenvalue weighted by Gasteiger charge is -2.16. The summed E-state index contributed by atoms with van der Waals surface area (Å²) in [5.41, 5.74) is 0.201. The van der Waals surface area contributed by atoms with Crippen molar-refractivity contribution in [3.8, 4) is 11.5 Å². The van der Waals surface area contributed by atoms with E-state index in [1.165, 1.54) is 25.3 Å². The first kappa shape index (κ1) is 17.4. The molecule has 1 heterocycles. The number of rotatable bonds is 6. The molecule has 2 N–H and O–H groups in total. The second kappa shape index (κ2) is 7.51. The van der Waals surface area contributed by atoms with E-state index in [-0.39, 0.29) is 27.1 Å². The molecule has 1 aromatic carbocycles. The second-order valence-electron chi connectivity index (χ2n) is 4.36. The van der Waals surface area contributed by atoms with Crippen molar-refractivity contribution in [1.29, 1.82) is 0 Å². The first-order valence-electron chi connectivity index (χ1n) is 6.53. The van der Waals surface area contributed by atoms with Crippen molar-refractivity contribution < 1.29 is 19.7 Å². The van der Waals surface area contributed by atoms with Crippen LogP contribution in [-0.4, -0.2) is 33.4 Å². The van der Waals surface area contributed by atoms with Crippen LogP contribution in [0.3, 0.4) is 0 Å². The van der Waals surface area contributed by atoms with E-state index in [4.69, 9.17) is 4.74 Å². The number of aromatic amines is 1. The predicted octanol–water partition coefficient (Wildman–Crippen LogP) is 2.43. The fraction of sp³-hybridized carbons (Fsp3) is 0.214. The van der Waals surface area contributed by atoms with Gasteiger partial charge in [-0.1, -0.05) is 28.6 Å². The number of methoxy groups -OCH3 is 1. The first-order chi connectivity index (χ1) is 10.9. The molecule has 0 aliphatic heterocycles. The van der Waals surface area contributed by atoms with Gasteiger partial charge < -0.3 is 14.9 Å². The van der Waals surface area contributed by atoms with Crippen molar-refractivity contribution >= 4 is 39.7 Å². The minimum absolute atomic E-state index is 0.0658. The summed E-state index contributed by atoms with van der Waals surface area (Å²) in [5.74, 6) is -0.770. The van der Waals surface area contributed by atoms with Gasteiger partial charge in [0, 0.05) is 10.9 Å². The molecule has 7 nitrogen and oxygen atoms in total. The third-order valence-corrected chi connectivity index (χ3v) is 4.15. The van der Waals surface area contributed by atoms with Crippen molar-refractivity contribution in [3.05, 3.63) is 32.9 Å². The van der Waals surface area contributed by atoms with Gasteiger partial charge in [0.15, 0.2) is 0 Å². The van der Waals surface area contributed by atoms with E-state index in [1.807, 2.05) is 6.92 Å². The quantitative estimate of drug-likeness (QED) is 0.567. The van der Waals surface area contributed by atoms with Gasteiger partial charge in [0.2, 0.25) is 5.16 Å². The molecule has 23 heavy (non-hydrogen) atoms. The summed E-state index contributed by atoms with van der Waals surface area (Å²) < 4.78 is 5.60. The Morgan fingerprint density at radius 1 is 1.57 bits per heavy atom. The number of aryl methyl sites for hydroxylation is 1. The van der Waals surface area contributed by atoms with Crippen LogP contribution in [0, 0.1) is 0 Å². The van der Waals surface area contributed by atoms with Gasteiger partial charge in [-0.05, 0) is 35.5 Å². The molecule has 0 aliphatic rings. The molecule has 2 rings (SSSR count). The molecule has 0 spiro atoms. The maximum absolute atomic E-state index is 12.2. The minimum atomic E-state index is -1.17. The summed E-state index contributed by atoms with van der Waals surface area (Å²) in [4.78, 5) is 15.5. The van der Waals surface area contributed by atoms with Crippen molar-refractivity contribution in [1.82, 2.24) is 15.2 Å². The molecule has 0 radical (unpaired) electrons. The number of carbonyl (C=O) groups is 1. The lowest BCUT2D eigenvalue weighted by atomic mass is 10.1. The summed E-state index contributed by atoms with van der Waals surface area (Å²) in [6.07, 6.45) is 1.94. The van der Waals surface area contributed by atoms with E-state index >= 15 is 0 Å². The summed E-state index contributed by atoms with van der Waals surface area (Å²) in [6.45, 7) is 1.90. The van der Waals surface area contributed by atoms with Crippen LogP contribution >= 0.6 is 27.7 Å². The van der Waals surface area contributed by atoms with Gasteiger partial charge in [-0.3, -0.25) is 5.10 Å². The number of H-pyrrole nitrogens is 1. The number of aromatic nitrogens is 3. The van der Waals surface area contributed by atoms with E-state index in [0.717, 1.165) is 11.8 Å². The summed E-state index contributed by atoms with van der Waals surface area (Å²) in [6, 6.07) is 3.06. The zero-order chi connectivity index (χ0) is 17.0. The van der Waals surface area contributed by atoms with E-state index in [2.05, 4.69) is 31.1 Å². The molecular formula is C14H13BrN3O4S-. The monoisotopic (exact) mass is 398 g/mol. The molecule has 0 saturated heterocycles. The van der Waals surface area contributed by atoms with Crippen LogP contribution in [0.5, 0.6) is 11.5 Å². The van der Waals surface area contributed by atoms with Gasteiger partial charge in [0.1, 0.15) is 16.5 Å². The Kier molecular flexibility index (Phi) is 5.67. The number of carboxylic acid groups (broad SMARTS) is 1. The van der Waals surface area contributed by atoms with Gasteiger partial charge in [-0.2, -0.15) is 0 Å². The molecule has 2 aromatic rings. The molecular weight excluding hydrogens is 386 g/mol.